The summed E-state index contributed by atoms with van der Waals surface area (Å²) in [5.41, 5.74) is 2.89. The number of aryl methyl sites for hydroxylation is 1. The van der Waals surface area contributed by atoms with Gasteiger partial charge in [-0.05, 0) is 30.4 Å². The normalized spacial score (nSPS) is 16.0. The summed E-state index contributed by atoms with van der Waals surface area (Å²) in [7, 11) is 4.94. The Bertz CT molecular complexity index is 1500. The van der Waals surface area contributed by atoms with Crippen molar-refractivity contribution in [2.24, 2.45) is 12.0 Å². The number of aliphatic imine (C=N–C) groups is 1. The molecule has 0 bridgehead atoms. The van der Waals surface area contributed by atoms with Crippen molar-refractivity contribution in [1.82, 2.24) is 24.4 Å². The molecule has 3 N–H and O–H groups in total. The van der Waals surface area contributed by atoms with Crippen molar-refractivity contribution in [3.63, 3.8) is 0 Å². The number of imidazole rings is 1. The van der Waals surface area contributed by atoms with E-state index < -0.39 is 0 Å². The van der Waals surface area contributed by atoms with E-state index in [1.54, 1.807) is 41.9 Å². The van der Waals surface area contributed by atoms with Gasteiger partial charge in [-0.2, -0.15) is 4.98 Å². The summed E-state index contributed by atoms with van der Waals surface area (Å²) in [6.45, 7) is 0.901. The minimum absolute atomic E-state index is 0.157. The summed E-state index contributed by atoms with van der Waals surface area (Å²) in [6.07, 6.45) is 11.5. The largest absolute Gasteiger partial charge is 0.491 e. The first-order chi connectivity index (χ1) is 18.0. The highest BCUT2D eigenvalue weighted by molar-refractivity contribution is 5.90. The highest BCUT2D eigenvalue weighted by Gasteiger charge is 2.26. The van der Waals surface area contributed by atoms with E-state index in [4.69, 9.17) is 19.6 Å². The molecule has 1 fully saturated rings. The molecule has 0 aromatic carbocycles. The minimum Gasteiger partial charge on any atom is -0.491 e. The Balaban J connectivity index is 1.52. The average molecular weight is 505 g/mol. The van der Waals surface area contributed by atoms with E-state index >= 15 is 0 Å². The van der Waals surface area contributed by atoms with Crippen LogP contribution in [0, 0.1) is 5.41 Å². The summed E-state index contributed by atoms with van der Waals surface area (Å²) in [5.74, 6) is 1.83. The van der Waals surface area contributed by atoms with Crippen molar-refractivity contribution < 1.29 is 14.2 Å². The number of methoxy groups -OCH3 is 2. The topological polar surface area (TPSA) is 141 Å². The van der Waals surface area contributed by atoms with Crippen LogP contribution in [-0.2, 0) is 18.3 Å². The molecule has 5 rings (SSSR count). The highest BCUT2D eigenvalue weighted by Crippen LogP contribution is 2.41. The van der Waals surface area contributed by atoms with Crippen molar-refractivity contribution in [3.05, 3.63) is 58.2 Å². The van der Waals surface area contributed by atoms with Gasteiger partial charge >= 0.3 is 0 Å². The van der Waals surface area contributed by atoms with Crippen LogP contribution in [0.4, 0.5) is 11.6 Å². The number of pyridine rings is 2. The maximum absolute atomic E-state index is 13.2. The first kappa shape index (κ1) is 24.3. The van der Waals surface area contributed by atoms with Gasteiger partial charge in [0.2, 0.25) is 5.95 Å². The fourth-order valence-corrected chi connectivity index (χ4v) is 4.11. The van der Waals surface area contributed by atoms with Crippen LogP contribution in [0.15, 0.2) is 52.1 Å². The van der Waals surface area contributed by atoms with Gasteiger partial charge in [0.1, 0.15) is 16.9 Å². The average Bonchev–Trinajstić information content (AvgIpc) is 3.73. The second-order valence-corrected chi connectivity index (χ2v) is 8.66. The van der Waals surface area contributed by atoms with E-state index in [1.165, 1.54) is 13.3 Å². The van der Waals surface area contributed by atoms with E-state index in [-0.39, 0.29) is 11.3 Å². The molecule has 12 nitrogen and oxygen atoms in total. The van der Waals surface area contributed by atoms with E-state index in [9.17, 15) is 4.79 Å². The minimum atomic E-state index is -0.157. The quantitative estimate of drug-likeness (QED) is 0.283. The number of anilines is 2. The van der Waals surface area contributed by atoms with Gasteiger partial charge in [0, 0.05) is 39.3 Å². The first-order valence-electron chi connectivity index (χ1n) is 11.8. The molecule has 0 spiro atoms. The molecule has 0 amide bonds. The van der Waals surface area contributed by atoms with Crippen molar-refractivity contribution in [2.75, 3.05) is 26.1 Å². The van der Waals surface area contributed by atoms with Crippen molar-refractivity contribution >= 4 is 35.2 Å². The van der Waals surface area contributed by atoms with Crippen molar-refractivity contribution in [2.45, 2.75) is 25.3 Å². The summed E-state index contributed by atoms with van der Waals surface area (Å²) < 4.78 is 20.3. The number of rotatable bonds is 10. The molecular weight excluding hydrogens is 476 g/mol. The third-order valence-electron chi connectivity index (χ3n) is 6.18. The monoisotopic (exact) mass is 504 g/mol. The fourth-order valence-electron chi connectivity index (χ4n) is 4.11. The molecule has 0 saturated heterocycles. The maximum atomic E-state index is 13.2. The lowest BCUT2D eigenvalue weighted by Gasteiger charge is -2.15. The number of hydrogen-bond donors (Lipinski definition) is 3. The Morgan fingerprint density at radius 3 is 2.86 bits per heavy atom. The Morgan fingerprint density at radius 2 is 2.19 bits per heavy atom. The molecule has 0 unspecified atom stereocenters. The molecule has 12 heteroatoms. The van der Waals surface area contributed by atoms with Gasteiger partial charge in [0.15, 0.2) is 22.9 Å². The number of allylic oxidation sites excluding steroid dienone is 2. The van der Waals surface area contributed by atoms with Gasteiger partial charge in [0.25, 0.3) is 5.56 Å². The zero-order valence-electron chi connectivity index (χ0n) is 20.8. The lowest BCUT2D eigenvalue weighted by molar-refractivity contribution is 0.186. The van der Waals surface area contributed by atoms with Gasteiger partial charge in [-0.3, -0.25) is 9.79 Å². The molecule has 37 heavy (non-hydrogen) atoms. The van der Waals surface area contributed by atoms with Crippen LogP contribution in [0.25, 0.3) is 11.2 Å². The Labute approximate surface area is 212 Å². The predicted octanol–water partition coefficient (Wildman–Crippen LogP) is 2.79. The molecule has 0 radical (unpaired) electrons. The van der Waals surface area contributed by atoms with E-state index in [1.807, 2.05) is 12.3 Å². The zero-order chi connectivity index (χ0) is 25.9. The molecule has 192 valence electrons. The standard InChI is InChI=1S/C25H28N8O4/c1-32-21-22(36-3)20(37-19(11-26)18-12-27-6-7-28-18)13-29-23(21)31-25(32)30-17-10-16(15-4-5-15)14-33(24(17)34)8-9-35-2/h6-7,10-15,26,28H,4-5,8-9H2,1-3H3,(H,29,30,31)/b19-18+,26-11?. The van der Waals surface area contributed by atoms with Gasteiger partial charge in [-0.1, -0.05) is 0 Å². The molecule has 1 aliphatic heterocycles. The number of hydrogen-bond acceptors (Lipinski definition) is 10. The Hall–Kier alpha value is -4.45. The lowest BCUT2D eigenvalue weighted by Crippen LogP contribution is -2.25. The smallest absolute Gasteiger partial charge is 0.274 e. The zero-order valence-corrected chi connectivity index (χ0v) is 20.8. The van der Waals surface area contributed by atoms with Gasteiger partial charge in [0.05, 0.1) is 32.3 Å². The van der Waals surface area contributed by atoms with Gasteiger partial charge in [-0.25, -0.2) is 4.98 Å². The Morgan fingerprint density at radius 1 is 1.35 bits per heavy atom. The highest BCUT2D eigenvalue weighted by atomic mass is 16.5. The van der Waals surface area contributed by atoms with E-state index in [0.717, 1.165) is 24.6 Å². The molecule has 3 aromatic rings. The Kier molecular flexibility index (Phi) is 6.73. The fraction of sp³-hybridized carbons (Fsp3) is 0.320. The van der Waals surface area contributed by atoms with Crippen LogP contribution >= 0.6 is 0 Å². The molecule has 0 atom stereocenters. The molecule has 2 aliphatic rings. The molecule has 1 saturated carbocycles. The van der Waals surface area contributed by atoms with E-state index in [2.05, 4.69) is 25.6 Å². The summed E-state index contributed by atoms with van der Waals surface area (Å²) >= 11 is 0. The predicted molar refractivity (Wildman–Crippen MR) is 140 cm³/mol. The van der Waals surface area contributed by atoms with Gasteiger partial charge < -0.3 is 39.4 Å². The summed E-state index contributed by atoms with van der Waals surface area (Å²) in [4.78, 5) is 26.3. The number of fused-ring (bicyclic) bond motifs is 1. The molecular formula is C25H28N8O4. The first-order valence-corrected chi connectivity index (χ1v) is 11.8. The second kappa shape index (κ2) is 10.3. The molecule has 1 aliphatic carbocycles. The maximum Gasteiger partial charge on any atom is 0.274 e. The number of ether oxygens (including phenoxy) is 3. The number of nitrogens with zero attached hydrogens (tertiary/aromatic N) is 5. The number of aromatic nitrogens is 4. The van der Waals surface area contributed by atoms with Crippen LogP contribution in [-0.4, -0.2) is 52.4 Å². The molecule has 3 aromatic heterocycles. The van der Waals surface area contributed by atoms with Crippen molar-refractivity contribution in [1.29, 1.82) is 5.41 Å². The van der Waals surface area contributed by atoms with Crippen molar-refractivity contribution in [3.8, 4) is 11.5 Å². The van der Waals surface area contributed by atoms with Crippen LogP contribution in [0.5, 0.6) is 11.5 Å². The SMILES string of the molecule is COCCn1cc(C2CC2)cc(Nc2nc3ncc(O/C(C=N)=C4\C=NC=CN4)c(OC)c3n2C)c1=O. The van der Waals surface area contributed by atoms with Crippen LogP contribution < -0.4 is 25.7 Å². The van der Waals surface area contributed by atoms with Crippen LogP contribution in [0.3, 0.4) is 0 Å². The lowest BCUT2D eigenvalue weighted by atomic mass is 10.2. The van der Waals surface area contributed by atoms with Crippen LogP contribution in [0.1, 0.15) is 24.3 Å². The van der Waals surface area contributed by atoms with E-state index in [0.29, 0.717) is 59.1 Å². The summed E-state index contributed by atoms with van der Waals surface area (Å²) in [6, 6.07) is 1.90. The van der Waals surface area contributed by atoms with Gasteiger partial charge in [-0.15, -0.1) is 0 Å². The number of nitrogens with one attached hydrogen (secondary N) is 3. The summed E-state index contributed by atoms with van der Waals surface area (Å²) in [5, 5.41) is 14.0. The molecule has 4 heterocycles. The third-order valence-corrected chi connectivity index (χ3v) is 6.18. The van der Waals surface area contributed by atoms with Crippen LogP contribution in [0.2, 0.25) is 0 Å². The second-order valence-electron chi connectivity index (χ2n) is 8.66. The third kappa shape index (κ3) is 4.83.